The van der Waals surface area contributed by atoms with Gasteiger partial charge in [0.1, 0.15) is 274 Å². The van der Waals surface area contributed by atoms with Crippen LogP contribution in [0.3, 0.4) is 0 Å². The summed E-state index contributed by atoms with van der Waals surface area (Å²) in [4.78, 5) is 39.7. The fourth-order valence-electron chi connectivity index (χ4n) is 19.6. The Balaban J connectivity index is 0.702. The second-order valence-electron chi connectivity index (χ2n) is 38.5. The Morgan fingerprint density at radius 1 is 0.178 bits per heavy atom. The molecule has 34 N–H and O–H groups in total. The Bertz CT molecular complexity index is 4060. The van der Waals surface area contributed by atoms with Gasteiger partial charge in [0.15, 0.2) is 81.8 Å². The highest BCUT2D eigenvalue weighted by Gasteiger charge is 2.65. The monoisotopic (exact) mass is 2140 g/mol. The van der Waals surface area contributed by atoms with Crippen LogP contribution in [0.4, 0.5) is 0 Å². The van der Waals surface area contributed by atoms with Crippen LogP contribution in [-0.2, 0) is 133 Å². The highest BCUT2D eigenvalue weighted by atomic mass is 16.8. The molecule has 13 aliphatic rings. The third-order valence-electron chi connectivity index (χ3n) is 28.2. The van der Waals surface area contributed by atoms with E-state index in [1.54, 1.807) is 0 Å². The maximum absolute atomic E-state index is 13.5. The van der Waals surface area contributed by atoms with Crippen molar-refractivity contribution >= 4 is 17.7 Å². The van der Waals surface area contributed by atoms with Crippen molar-refractivity contribution < 1.29 is 291 Å². The summed E-state index contributed by atoms with van der Waals surface area (Å²) in [6.07, 6.45) is -123. The van der Waals surface area contributed by atoms with E-state index in [0.29, 0.717) is 0 Å². The molecule has 0 spiro atoms. The molecule has 0 aromatic rings. The van der Waals surface area contributed by atoms with Gasteiger partial charge in [-0.05, 0) is 48.5 Å². The standard InChI is InChI=1S/C84H141N3O59/c1-17-36(97)49(110)53(114)76(123-17)141-66-40(101)21(5)126-79(57(66)118)144-69-50(111)43(104)28(12-89)133-83(69)136-61-34(86-25(9)95)74(130-31(15-92)47(61)108)139-64-38(99)19(3)125-78(55(64)116)143-68-42(103)23(7)128-81(59(68)120)146-71-52(113)45(106)29(13-90)134-84(71)137-62-35(87-26(10)96)75(131-32(16-93)48(62)109)140-65-39(100)20(4)124-77(56(65)117)142-67-41(102)22(6)127-80(58(67)119)145-70-51(112)44(105)27(11-88)132-82(70)135-60-33(85-24(8)94)73(129-30(14-91)46(60)107)138-63-37(98)18(2)122-72(121)54(63)115/h17-23,27-84,88-93,97-121H,11-16H2,1-10H3,(H,85,94)(H,86,95)(H,87,96)/t17-,18-,19-,20-,21-,22-,23-,27+,28+,29+,30+,31+,32+,33+,34+,35+,36-,37-,38-,39-,40-,41-,42-,43-,44-,45-,46+,47+,48+,49+,50-,51-,52-,53+,54+,55+,56+,57+,58+,59+,60+,61+,62+,63+,64+,65+,66+,67+,68+,69+,70+,71+,72+,73+,74+,75+,76-,77-,78-,79-,80-,81-,82+,83+,84+/m0/s1. The molecule has 146 heavy (non-hydrogen) atoms. The Morgan fingerprint density at radius 2 is 0.356 bits per heavy atom. The van der Waals surface area contributed by atoms with Crippen molar-refractivity contribution in [3.8, 4) is 0 Å². The lowest BCUT2D eigenvalue weighted by atomic mass is 9.94. The van der Waals surface area contributed by atoms with Gasteiger partial charge in [-0.2, -0.15) is 0 Å². The number of amides is 3. The summed E-state index contributed by atoms with van der Waals surface area (Å²) in [6.45, 7) is 5.00. The first kappa shape index (κ1) is 119. The molecule has 0 aliphatic carbocycles. The van der Waals surface area contributed by atoms with Crippen LogP contribution in [0.1, 0.15) is 69.2 Å². The number of aliphatic hydroxyl groups excluding tert-OH is 31. The minimum atomic E-state index is -2.39. The number of aliphatic hydroxyl groups is 31. The second-order valence-corrected chi connectivity index (χ2v) is 38.5. The average Bonchev–Trinajstić information content (AvgIpc) is 0.762. The molecule has 13 heterocycles. The minimum Gasteiger partial charge on any atom is -0.394 e. The first-order chi connectivity index (χ1) is 68.8. The summed E-state index contributed by atoms with van der Waals surface area (Å²) in [6, 6.07) is -5.71. The zero-order valence-corrected chi connectivity index (χ0v) is 80.1. The number of carbonyl (C=O) groups is 3. The quantitative estimate of drug-likeness (QED) is 0.0290. The van der Waals surface area contributed by atoms with Crippen molar-refractivity contribution in [2.24, 2.45) is 0 Å². The fraction of sp³-hybridized carbons (Fsp3) is 0.964. The van der Waals surface area contributed by atoms with Crippen LogP contribution in [0, 0.1) is 0 Å². The molecule has 3 amide bonds. The Hall–Kier alpha value is -3.83. The third-order valence-corrected chi connectivity index (χ3v) is 28.2. The number of nitrogens with one attached hydrogen (secondary N) is 3. The number of ether oxygens (including phenoxy) is 25. The van der Waals surface area contributed by atoms with Crippen LogP contribution in [0.15, 0.2) is 0 Å². The number of rotatable bonds is 33. The van der Waals surface area contributed by atoms with E-state index >= 15 is 0 Å². The normalized spacial score (nSPS) is 53.1. The Morgan fingerprint density at radius 3 is 0.582 bits per heavy atom. The maximum atomic E-state index is 13.5. The number of carbonyl (C=O) groups excluding carboxylic acids is 3. The second kappa shape index (κ2) is 50.6. The summed E-state index contributed by atoms with van der Waals surface area (Å²) in [5.41, 5.74) is 0. The number of hydrogen-bond acceptors (Lipinski definition) is 59. The molecule has 62 nitrogen and oxygen atoms in total. The molecule has 0 aromatic carbocycles. The molecule has 846 valence electrons. The summed E-state index contributed by atoms with van der Waals surface area (Å²) in [5, 5.41) is 360. The van der Waals surface area contributed by atoms with Crippen molar-refractivity contribution in [1.82, 2.24) is 16.0 Å². The largest absolute Gasteiger partial charge is 0.394 e. The average molecular weight is 2140 g/mol. The SMILES string of the molecule is CC(=O)N[C@H]1[C@@H](O[C@@H]2[C@@H](O)[C@H](C)O[C@@H](O)[C@@H]2O)O[C@H](CO)[C@@H](O)[C@@H]1O[C@H]1O[C@H](CO)[C@H](O)[C@H](O)[C@H]1O[C@@H]1O[C@@H](C)[C@H](O)[C@@H](O[C@@H]2O[C@@H](C)[C@H](O)[C@@H](O[C@H]3O[C@H](CO)[C@@H](O)[C@H](O[C@H]4O[C@H](CO)[C@H](O)[C@H](O)[C@H]4O[C@@H]4O[C@@H](C)[C@H](O)[C@@H](O[C@@H]5O[C@@H](C)[C@H](O)[C@@H](O[C@H]6O[C@H](CO)[C@@H](O)[C@H](O[C@H]7O[C@H](CO)[C@H](O)[C@H](O)[C@H]7O[C@@H]7O[C@@H](C)[C@H](O)[C@@H](O[C@@H]8O[C@@H](C)[C@H](O)[C@@H](O)[C@H]8O)[C@H]7O)[C@H]6NC(C)=O)[C@H]5O)[C@H]4O)[C@H]3NC(C)=O)[C@H]2O)[C@H]1O. The van der Waals surface area contributed by atoms with Gasteiger partial charge < -0.3 is 293 Å². The van der Waals surface area contributed by atoms with Crippen LogP contribution in [0.5, 0.6) is 0 Å². The molecule has 0 unspecified atom stereocenters. The van der Waals surface area contributed by atoms with Crippen LogP contribution in [0.25, 0.3) is 0 Å². The lowest BCUT2D eigenvalue weighted by molar-refractivity contribution is -0.401. The zero-order valence-electron chi connectivity index (χ0n) is 80.1. The third kappa shape index (κ3) is 25.2. The molecule has 0 radical (unpaired) electrons. The van der Waals surface area contributed by atoms with Gasteiger partial charge in [0, 0.05) is 20.8 Å². The van der Waals surface area contributed by atoms with Crippen molar-refractivity contribution in [3.63, 3.8) is 0 Å². The van der Waals surface area contributed by atoms with Gasteiger partial charge in [-0.25, -0.2) is 0 Å². The van der Waals surface area contributed by atoms with Gasteiger partial charge >= 0.3 is 0 Å². The van der Waals surface area contributed by atoms with E-state index in [-0.39, 0.29) is 0 Å². The lowest BCUT2D eigenvalue weighted by Gasteiger charge is -2.51. The summed E-state index contributed by atoms with van der Waals surface area (Å²) in [7, 11) is 0. The minimum absolute atomic E-state index is 0.869. The highest BCUT2D eigenvalue weighted by Crippen LogP contribution is 2.44. The molecule has 0 aromatic heterocycles. The van der Waals surface area contributed by atoms with Crippen molar-refractivity contribution in [3.05, 3.63) is 0 Å². The lowest BCUT2D eigenvalue weighted by Crippen LogP contribution is -2.70. The van der Waals surface area contributed by atoms with Crippen LogP contribution < -0.4 is 16.0 Å². The molecule has 0 bridgehead atoms. The first-order valence-electron chi connectivity index (χ1n) is 47.7. The van der Waals surface area contributed by atoms with Crippen LogP contribution in [0.2, 0.25) is 0 Å². The van der Waals surface area contributed by atoms with Crippen molar-refractivity contribution in [1.29, 1.82) is 0 Å². The molecule has 65 atom stereocenters. The van der Waals surface area contributed by atoms with Crippen LogP contribution >= 0.6 is 0 Å². The predicted octanol–water partition coefficient (Wildman–Crippen LogP) is -21.7. The molecule has 0 saturated carbocycles. The summed E-state index contributed by atoms with van der Waals surface area (Å²) < 4.78 is 149. The van der Waals surface area contributed by atoms with E-state index in [2.05, 4.69) is 16.0 Å². The van der Waals surface area contributed by atoms with E-state index < -0.39 is 456 Å². The first-order valence-corrected chi connectivity index (χ1v) is 47.7. The molecule has 13 aliphatic heterocycles. The van der Waals surface area contributed by atoms with E-state index in [4.69, 9.17) is 118 Å². The maximum Gasteiger partial charge on any atom is 0.217 e. The summed E-state index contributed by atoms with van der Waals surface area (Å²) in [5.74, 6) is -2.81. The fourth-order valence-corrected chi connectivity index (χ4v) is 19.6. The van der Waals surface area contributed by atoms with E-state index in [1.165, 1.54) is 48.5 Å². The molecule has 62 heteroatoms. The molecular formula is C84H141N3O59. The van der Waals surface area contributed by atoms with E-state index in [0.717, 1.165) is 20.8 Å². The van der Waals surface area contributed by atoms with Crippen molar-refractivity contribution in [2.75, 3.05) is 39.6 Å². The van der Waals surface area contributed by atoms with E-state index in [9.17, 15) is 173 Å². The molecule has 13 saturated heterocycles. The Kier molecular flexibility index (Phi) is 41.3. The highest BCUT2D eigenvalue weighted by molar-refractivity contribution is 5.74. The van der Waals surface area contributed by atoms with Gasteiger partial charge in [0.05, 0.1) is 82.4 Å². The van der Waals surface area contributed by atoms with Gasteiger partial charge in [-0.1, -0.05) is 0 Å². The van der Waals surface area contributed by atoms with Crippen molar-refractivity contribution in [2.45, 2.75) is 468 Å². The van der Waals surface area contributed by atoms with Gasteiger partial charge in [0.25, 0.3) is 0 Å². The number of hydrogen-bond donors (Lipinski definition) is 34. The van der Waals surface area contributed by atoms with Crippen LogP contribution in [-0.4, -0.2) is 615 Å². The predicted molar refractivity (Wildman–Crippen MR) is 452 cm³/mol. The van der Waals surface area contributed by atoms with Gasteiger partial charge in [-0.3, -0.25) is 14.4 Å². The molecule has 13 rings (SSSR count). The zero-order chi connectivity index (χ0) is 107. The topological polar surface area (TPSA) is 945 Å². The smallest absolute Gasteiger partial charge is 0.217 e. The molecule has 13 fully saturated rings. The van der Waals surface area contributed by atoms with Gasteiger partial charge in [0.2, 0.25) is 17.7 Å². The van der Waals surface area contributed by atoms with E-state index in [1.807, 2.05) is 0 Å². The Labute approximate surface area is 830 Å². The summed E-state index contributed by atoms with van der Waals surface area (Å²) >= 11 is 0. The molecular weight excluding hydrogens is 1990 g/mol. The van der Waals surface area contributed by atoms with Gasteiger partial charge in [-0.15, -0.1) is 0 Å².